The lowest BCUT2D eigenvalue weighted by molar-refractivity contribution is 0.298. The highest BCUT2D eigenvalue weighted by Gasteiger charge is 2.35. The van der Waals surface area contributed by atoms with Crippen LogP contribution in [-0.4, -0.2) is 16.1 Å². The summed E-state index contributed by atoms with van der Waals surface area (Å²) in [6.45, 7) is 0.709. The first kappa shape index (κ1) is 13.3. The summed E-state index contributed by atoms with van der Waals surface area (Å²) in [7, 11) is 0. The third-order valence-electron chi connectivity index (χ3n) is 5.15. The zero-order valence-corrected chi connectivity index (χ0v) is 12.3. The molecule has 2 fully saturated rings. The maximum absolute atomic E-state index is 14.1. The third kappa shape index (κ3) is 2.16. The Balaban J connectivity index is 1.87. The van der Waals surface area contributed by atoms with E-state index in [1.807, 2.05) is 6.07 Å². The summed E-state index contributed by atoms with van der Waals surface area (Å²) in [4.78, 5) is 4.73. The molecule has 2 saturated carbocycles. The molecule has 2 N–H and O–H groups in total. The fraction of sp³-hybridized carbons (Fsp3) is 0.588. The lowest BCUT2D eigenvalue weighted by atomic mass is 9.78. The molecule has 1 heterocycles. The van der Waals surface area contributed by atoms with Gasteiger partial charge in [0.2, 0.25) is 0 Å². The predicted molar refractivity (Wildman–Crippen MR) is 81.7 cm³/mol. The van der Waals surface area contributed by atoms with Crippen LogP contribution in [0.2, 0.25) is 0 Å². The number of rotatable bonds is 3. The van der Waals surface area contributed by atoms with Crippen LogP contribution in [0.1, 0.15) is 56.3 Å². The van der Waals surface area contributed by atoms with Gasteiger partial charge in [0.25, 0.3) is 0 Å². The molecule has 0 radical (unpaired) electrons. The van der Waals surface area contributed by atoms with E-state index < -0.39 is 0 Å². The number of fused-ring (bicyclic) bond motifs is 1. The van der Waals surface area contributed by atoms with Crippen LogP contribution >= 0.6 is 0 Å². The standard InChI is InChI=1S/C17H22FN3/c18-14-6-3-7-15-16(14)20-17(21(15)12-8-9-12)13-5-2-1-4-11(13)10-19/h3,6-7,11-13H,1-2,4-5,8-10,19H2. The molecule has 0 bridgehead atoms. The SMILES string of the molecule is NCC1CCCCC1c1nc2c(F)cccc2n1C1CC1. The normalized spacial score (nSPS) is 26.4. The molecular weight excluding hydrogens is 265 g/mol. The number of imidazole rings is 1. The fourth-order valence-corrected chi connectivity index (χ4v) is 3.91. The highest BCUT2D eigenvalue weighted by Crippen LogP contribution is 2.44. The number of benzene rings is 1. The van der Waals surface area contributed by atoms with Crippen molar-refractivity contribution < 1.29 is 4.39 Å². The first-order valence-corrected chi connectivity index (χ1v) is 8.16. The molecule has 1 aromatic heterocycles. The third-order valence-corrected chi connectivity index (χ3v) is 5.15. The number of aromatic nitrogens is 2. The lowest BCUT2D eigenvalue weighted by Crippen LogP contribution is -2.27. The van der Waals surface area contributed by atoms with Gasteiger partial charge in [-0.15, -0.1) is 0 Å². The average molecular weight is 287 g/mol. The molecule has 4 rings (SSSR count). The van der Waals surface area contributed by atoms with Crippen molar-refractivity contribution in [2.45, 2.75) is 50.5 Å². The van der Waals surface area contributed by atoms with Crippen molar-refractivity contribution in [3.63, 3.8) is 0 Å². The van der Waals surface area contributed by atoms with E-state index in [0.29, 0.717) is 29.9 Å². The van der Waals surface area contributed by atoms with E-state index in [2.05, 4.69) is 4.57 Å². The van der Waals surface area contributed by atoms with Gasteiger partial charge in [-0.1, -0.05) is 18.9 Å². The van der Waals surface area contributed by atoms with Crippen LogP contribution in [0, 0.1) is 11.7 Å². The Morgan fingerprint density at radius 3 is 2.76 bits per heavy atom. The molecule has 21 heavy (non-hydrogen) atoms. The largest absolute Gasteiger partial charge is 0.330 e. The Morgan fingerprint density at radius 2 is 2.00 bits per heavy atom. The van der Waals surface area contributed by atoms with Crippen LogP contribution in [-0.2, 0) is 0 Å². The number of nitrogens with two attached hydrogens (primary N) is 1. The zero-order chi connectivity index (χ0) is 14.4. The molecule has 4 heteroatoms. The van der Waals surface area contributed by atoms with E-state index in [1.165, 1.54) is 38.2 Å². The minimum absolute atomic E-state index is 0.201. The summed E-state index contributed by atoms with van der Waals surface area (Å²) in [6, 6.07) is 5.83. The first-order valence-electron chi connectivity index (χ1n) is 8.16. The molecule has 2 aromatic rings. The first-order chi connectivity index (χ1) is 10.3. The Hall–Kier alpha value is -1.42. The monoisotopic (exact) mass is 287 g/mol. The van der Waals surface area contributed by atoms with E-state index in [0.717, 1.165) is 17.8 Å². The van der Waals surface area contributed by atoms with Crippen LogP contribution in [0.5, 0.6) is 0 Å². The fourth-order valence-electron chi connectivity index (χ4n) is 3.91. The molecule has 0 aliphatic heterocycles. The number of para-hydroxylation sites is 1. The van der Waals surface area contributed by atoms with Crippen molar-refractivity contribution in [2.24, 2.45) is 11.7 Å². The van der Waals surface area contributed by atoms with Crippen molar-refractivity contribution in [1.29, 1.82) is 0 Å². The Kier molecular flexibility index (Phi) is 3.21. The van der Waals surface area contributed by atoms with Gasteiger partial charge in [0.15, 0.2) is 5.82 Å². The molecule has 0 saturated heterocycles. The van der Waals surface area contributed by atoms with Gasteiger partial charge in [-0.2, -0.15) is 0 Å². The predicted octanol–water partition coefficient (Wildman–Crippen LogP) is 3.74. The maximum atomic E-state index is 14.1. The van der Waals surface area contributed by atoms with Gasteiger partial charge in [0, 0.05) is 12.0 Å². The van der Waals surface area contributed by atoms with Gasteiger partial charge in [0.05, 0.1) is 5.52 Å². The van der Waals surface area contributed by atoms with E-state index >= 15 is 0 Å². The van der Waals surface area contributed by atoms with Crippen LogP contribution in [0.3, 0.4) is 0 Å². The lowest BCUT2D eigenvalue weighted by Gasteiger charge is -2.30. The number of halogens is 1. The van der Waals surface area contributed by atoms with Crippen molar-refractivity contribution in [1.82, 2.24) is 9.55 Å². The molecular formula is C17H22FN3. The number of nitrogens with zero attached hydrogens (tertiary/aromatic N) is 2. The zero-order valence-electron chi connectivity index (χ0n) is 12.3. The molecule has 0 amide bonds. The second-order valence-corrected chi connectivity index (χ2v) is 6.57. The minimum Gasteiger partial charge on any atom is -0.330 e. The summed E-state index contributed by atoms with van der Waals surface area (Å²) in [5, 5.41) is 0. The van der Waals surface area contributed by atoms with Crippen LogP contribution < -0.4 is 5.73 Å². The summed E-state index contributed by atoms with van der Waals surface area (Å²) in [6.07, 6.45) is 7.19. The number of hydrogen-bond acceptors (Lipinski definition) is 2. The Labute approximate surface area is 124 Å². The van der Waals surface area contributed by atoms with Gasteiger partial charge in [-0.05, 0) is 50.3 Å². The minimum atomic E-state index is -0.201. The van der Waals surface area contributed by atoms with Crippen molar-refractivity contribution in [3.8, 4) is 0 Å². The van der Waals surface area contributed by atoms with Crippen LogP contribution in [0.4, 0.5) is 4.39 Å². The molecule has 112 valence electrons. The van der Waals surface area contributed by atoms with E-state index in [1.54, 1.807) is 6.07 Å². The summed E-state index contributed by atoms with van der Waals surface area (Å²) >= 11 is 0. The van der Waals surface area contributed by atoms with Gasteiger partial charge in [-0.25, -0.2) is 9.37 Å². The van der Waals surface area contributed by atoms with Gasteiger partial charge in [0.1, 0.15) is 11.3 Å². The molecule has 0 spiro atoms. The Bertz CT molecular complexity index is 659. The van der Waals surface area contributed by atoms with Crippen molar-refractivity contribution in [2.75, 3.05) is 6.54 Å². The van der Waals surface area contributed by atoms with Crippen LogP contribution in [0.15, 0.2) is 18.2 Å². The van der Waals surface area contributed by atoms with E-state index in [9.17, 15) is 4.39 Å². The van der Waals surface area contributed by atoms with Crippen molar-refractivity contribution >= 4 is 11.0 Å². The quantitative estimate of drug-likeness (QED) is 0.934. The second-order valence-electron chi connectivity index (χ2n) is 6.57. The van der Waals surface area contributed by atoms with Gasteiger partial charge < -0.3 is 10.3 Å². The van der Waals surface area contributed by atoms with Gasteiger partial charge in [-0.3, -0.25) is 0 Å². The summed E-state index contributed by atoms with van der Waals surface area (Å²) in [5.74, 6) is 1.79. The summed E-state index contributed by atoms with van der Waals surface area (Å²) < 4.78 is 16.4. The smallest absolute Gasteiger partial charge is 0.151 e. The van der Waals surface area contributed by atoms with E-state index in [4.69, 9.17) is 10.7 Å². The maximum Gasteiger partial charge on any atom is 0.151 e. The highest BCUT2D eigenvalue weighted by molar-refractivity contribution is 5.77. The molecule has 1 aromatic carbocycles. The highest BCUT2D eigenvalue weighted by atomic mass is 19.1. The molecule has 2 unspecified atom stereocenters. The van der Waals surface area contributed by atoms with Crippen LogP contribution in [0.25, 0.3) is 11.0 Å². The second kappa shape index (κ2) is 5.09. The Morgan fingerprint density at radius 1 is 1.19 bits per heavy atom. The van der Waals surface area contributed by atoms with E-state index in [-0.39, 0.29) is 5.82 Å². The number of hydrogen-bond donors (Lipinski definition) is 1. The molecule has 2 aliphatic rings. The topological polar surface area (TPSA) is 43.8 Å². The molecule has 2 atom stereocenters. The van der Waals surface area contributed by atoms with Gasteiger partial charge >= 0.3 is 0 Å². The summed E-state index contributed by atoms with van der Waals surface area (Å²) in [5.41, 5.74) is 7.49. The molecule has 3 nitrogen and oxygen atoms in total. The van der Waals surface area contributed by atoms with Crippen molar-refractivity contribution in [3.05, 3.63) is 29.8 Å². The average Bonchev–Trinajstić information content (AvgIpc) is 3.27. The molecule has 2 aliphatic carbocycles.